The minimum absolute atomic E-state index is 0.219. The van der Waals surface area contributed by atoms with E-state index in [-0.39, 0.29) is 18.4 Å². The molecule has 10 nitrogen and oxygen atoms in total. The van der Waals surface area contributed by atoms with E-state index in [0.29, 0.717) is 40.7 Å². The number of anilines is 1. The van der Waals surface area contributed by atoms with Crippen LogP contribution in [-0.4, -0.2) is 60.3 Å². The van der Waals surface area contributed by atoms with Crippen LogP contribution in [0.25, 0.3) is 0 Å². The highest BCUT2D eigenvalue weighted by Gasteiger charge is 2.35. The van der Waals surface area contributed by atoms with Crippen LogP contribution in [0.15, 0.2) is 41.8 Å². The maximum atomic E-state index is 13.6. The van der Waals surface area contributed by atoms with Gasteiger partial charge >= 0.3 is 10.3 Å². The van der Waals surface area contributed by atoms with Gasteiger partial charge in [-0.3, -0.25) is 14.0 Å². The van der Waals surface area contributed by atoms with Crippen molar-refractivity contribution in [2.45, 2.75) is 38.3 Å². The zero-order valence-electron chi connectivity index (χ0n) is 20.4. The molecule has 38 heavy (non-hydrogen) atoms. The topological polar surface area (TPSA) is 157 Å². The van der Waals surface area contributed by atoms with Gasteiger partial charge in [0.25, 0.3) is 0 Å². The quantitative estimate of drug-likeness (QED) is 0.346. The van der Waals surface area contributed by atoms with Crippen LogP contribution in [-0.2, 0) is 20.9 Å². The highest BCUT2D eigenvalue weighted by molar-refractivity contribution is 7.84. The number of aliphatic imine (C=N–C) groups is 1. The fraction of sp³-hybridized carbons (Fsp3) is 0.360. The van der Waals surface area contributed by atoms with Gasteiger partial charge in [0, 0.05) is 45.7 Å². The number of nitrogens with zero attached hydrogens (tertiary/aromatic N) is 3. The van der Waals surface area contributed by atoms with Crippen LogP contribution in [0.2, 0.25) is 5.02 Å². The van der Waals surface area contributed by atoms with Crippen molar-refractivity contribution in [2.24, 2.45) is 16.0 Å². The van der Waals surface area contributed by atoms with Gasteiger partial charge in [-0.2, -0.15) is 8.42 Å². The Morgan fingerprint density at radius 2 is 2.11 bits per heavy atom. The van der Waals surface area contributed by atoms with Crippen LogP contribution < -0.4 is 10.5 Å². The molecule has 200 valence electrons. The Morgan fingerprint density at radius 3 is 2.89 bits per heavy atom. The lowest BCUT2D eigenvalue weighted by atomic mass is 9.93. The Hall–Kier alpha value is -2.74. The number of hydrogen-bond donors (Lipinski definition) is 3. The minimum atomic E-state index is -4.10. The predicted molar refractivity (Wildman–Crippen MR) is 145 cm³/mol. The van der Waals surface area contributed by atoms with Gasteiger partial charge in [-0.15, -0.1) is 11.3 Å². The molecule has 3 aromatic rings. The Kier molecular flexibility index (Phi) is 7.63. The van der Waals surface area contributed by atoms with Gasteiger partial charge in [-0.05, 0) is 49.9 Å². The molecule has 1 aromatic carbocycles. The number of thiophene rings is 1. The first-order valence-electron chi connectivity index (χ1n) is 12.0. The van der Waals surface area contributed by atoms with E-state index in [1.165, 1.54) is 29.4 Å². The normalized spacial score (nSPS) is 21.2. The zero-order chi connectivity index (χ0) is 27.0. The summed E-state index contributed by atoms with van der Waals surface area (Å²) in [6, 6.07) is 7.41. The summed E-state index contributed by atoms with van der Waals surface area (Å²) in [5.41, 5.74) is 4.18. The van der Waals surface area contributed by atoms with Gasteiger partial charge < -0.3 is 10.4 Å². The molecule has 0 bridgehead atoms. The first-order valence-corrected chi connectivity index (χ1v) is 14.7. The lowest BCUT2D eigenvalue weighted by Gasteiger charge is -2.17. The lowest BCUT2D eigenvalue weighted by molar-refractivity contribution is 0.101. The number of aromatic nitrogens is 2. The second kappa shape index (κ2) is 10.8. The Bertz CT molecular complexity index is 1520. The largest absolute Gasteiger partial charge is 0.393 e. The van der Waals surface area contributed by atoms with Crippen LogP contribution in [0, 0.1) is 12.8 Å². The van der Waals surface area contributed by atoms with Gasteiger partial charge in [0.1, 0.15) is 12.1 Å². The third-order valence-corrected chi connectivity index (χ3v) is 8.53. The summed E-state index contributed by atoms with van der Waals surface area (Å²) in [7, 11) is -4.10. The van der Waals surface area contributed by atoms with E-state index in [1.807, 2.05) is 31.2 Å². The SMILES string of the molecule is Cc1sc(C(=O)c2cncnc2N[C@@H]2C[C@H](COS(N)(=O)=O)[C@@H](O)C2)cc1C1=NCCc2ccc(Cl)cc21. The number of aryl methyl sites for hydroxylation is 1. The Labute approximate surface area is 229 Å². The van der Waals surface area contributed by atoms with Gasteiger partial charge in [0.15, 0.2) is 0 Å². The van der Waals surface area contributed by atoms with E-state index >= 15 is 0 Å². The molecule has 3 atom stereocenters. The average Bonchev–Trinajstić information content (AvgIpc) is 3.43. The van der Waals surface area contributed by atoms with Gasteiger partial charge in [-0.1, -0.05) is 17.7 Å². The number of benzene rings is 1. The maximum Gasteiger partial charge on any atom is 0.333 e. The summed E-state index contributed by atoms with van der Waals surface area (Å²) >= 11 is 7.64. The van der Waals surface area contributed by atoms with E-state index in [0.717, 1.165) is 28.1 Å². The van der Waals surface area contributed by atoms with Crippen molar-refractivity contribution in [3.8, 4) is 0 Å². The monoisotopic (exact) mass is 575 g/mol. The van der Waals surface area contributed by atoms with Crippen LogP contribution in [0.5, 0.6) is 0 Å². The first-order chi connectivity index (χ1) is 18.1. The molecule has 1 fully saturated rings. The number of nitrogens with two attached hydrogens (primary N) is 1. The standard InChI is InChI=1S/C25H26ClN5O5S2/c1-13-18(23-19-7-16(26)3-2-14(19)4-5-29-23)9-22(37-13)24(33)20-10-28-12-30-25(20)31-17-6-15(21(32)8-17)11-36-38(27,34)35/h2-3,7,9-10,12,15,17,21,32H,4-6,8,11H2,1H3,(H2,27,34,35)(H,28,30,31)/t15-,17-,21+/m1/s1. The Morgan fingerprint density at radius 1 is 1.29 bits per heavy atom. The molecule has 1 aliphatic carbocycles. The van der Waals surface area contributed by atoms with Crippen LogP contribution >= 0.6 is 22.9 Å². The van der Waals surface area contributed by atoms with E-state index in [2.05, 4.69) is 19.5 Å². The summed E-state index contributed by atoms with van der Waals surface area (Å²) in [5.74, 6) is -0.320. The van der Waals surface area contributed by atoms with Crippen molar-refractivity contribution < 1.29 is 22.5 Å². The molecule has 1 saturated carbocycles. The molecule has 2 aromatic heterocycles. The second-order valence-corrected chi connectivity index (χ2v) is 12.3. The molecule has 4 N–H and O–H groups in total. The number of ketones is 1. The molecule has 13 heteroatoms. The number of hydrogen-bond acceptors (Lipinski definition) is 10. The summed E-state index contributed by atoms with van der Waals surface area (Å²) < 4.78 is 26.9. The first kappa shape index (κ1) is 26.9. The van der Waals surface area contributed by atoms with Crippen molar-refractivity contribution in [3.05, 3.63) is 73.8 Å². The summed E-state index contributed by atoms with van der Waals surface area (Å²) in [6.07, 6.45) is 3.61. The number of halogens is 1. The average molecular weight is 576 g/mol. The third-order valence-electron chi connectivity index (χ3n) is 6.78. The molecule has 1 aliphatic heterocycles. The summed E-state index contributed by atoms with van der Waals surface area (Å²) in [4.78, 5) is 28.2. The van der Waals surface area contributed by atoms with Crippen molar-refractivity contribution in [3.63, 3.8) is 0 Å². The molecule has 0 amide bonds. The zero-order valence-corrected chi connectivity index (χ0v) is 22.8. The van der Waals surface area contributed by atoms with Crippen molar-refractivity contribution >= 4 is 50.6 Å². The molecule has 0 saturated heterocycles. The maximum absolute atomic E-state index is 13.6. The fourth-order valence-electron chi connectivity index (χ4n) is 4.94. The number of nitrogens with one attached hydrogen (secondary N) is 1. The van der Waals surface area contributed by atoms with E-state index in [9.17, 15) is 18.3 Å². The van der Waals surface area contributed by atoms with Crippen molar-refractivity contribution in [1.82, 2.24) is 9.97 Å². The lowest BCUT2D eigenvalue weighted by Crippen LogP contribution is -2.24. The van der Waals surface area contributed by atoms with Crippen molar-refractivity contribution in [2.75, 3.05) is 18.5 Å². The van der Waals surface area contributed by atoms with Crippen LogP contribution in [0.4, 0.5) is 5.82 Å². The van der Waals surface area contributed by atoms with Gasteiger partial charge in [-0.25, -0.2) is 15.1 Å². The number of carbonyl (C=O) groups excluding carboxylic acids is 1. The molecular weight excluding hydrogens is 550 g/mol. The fourth-order valence-corrected chi connectivity index (χ4v) is 6.45. The van der Waals surface area contributed by atoms with Gasteiger partial charge in [0.05, 0.1) is 28.9 Å². The number of fused-ring (bicyclic) bond motifs is 1. The summed E-state index contributed by atoms with van der Waals surface area (Å²) in [6.45, 7) is 2.41. The molecule has 0 spiro atoms. The second-order valence-electron chi connectivity index (χ2n) is 9.39. The van der Waals surface area contributed by atoms with Crippen LogP contribution in [0.1, 0.15) is 49.6 Å². The van der Waals surface area contributed by atoms with Crippen molar-refractivity contribution in [1.29, 1.82) is 0 Å². The third kappa shape index (κ3) is 5.80. The highest BCUT2D eigenvalue weighted by Crippen LogP contribution is 2.33. The molecule has 0 radical (unpaired) electrons. The minimum Gasteiger partial charge on any atom is -0.393 e. The molecule has 0 unspecified atom stereocenters. The van der Waals surface area contributed by atoms with Gasteiger partial charge in [0.2, 0.25) is 5.78 Å². The molecular formula is C25H26ClN5O5S2. The summed E-state index contributed by atoms with van der Waals surface area (Å²) in [5, 5.41) is 19.1. The molecule has 5 rings (SSSR count). The number of aliphatic hydroxyl groups is 1. The molecule has 3 heterocycles. The van der Waals surface area contributed by atoms with Crippen LogP contribution in [0.3, 0.4) is 0 Å². The number of carbonyl (C=O) groups is 1. The van der Waals surface area contributed by atoms with E-state index in [4.69, 9.17) is 21.7 Å². The van der Waals surface area contributed by atoms with E-state index < -0.39 is 22.3 Å². The van der Waals surface area contributed by atoms with E-state index in [1.54, 1.807) is 0 Å². The Balaban J connectivity index is 1.36. The number of aliphatic hydroxyl groups excluding tert-OH is 1. The predicted octanol–water partition coefficient (Wildman–Crippen LogP) is 2.90. The number of rotatable bonds is 8. The highest BCUT2D eigenvalue weighted by atomic mass is 35.5. The smallest absolute Gasteiger partial charge is 0.333 e. The molecule has 2 aliphatic rings.